The molecule has 20 heavy (non-hydrogen) atoms. The molecule has 10 heteroatoms. The maximum atomic E-state index is 11.7. The Hall–Kier alpha value is -2.26. The van der Waals surface area contributed by atoms with Crippen molar-refractivity contribution in [3.8, 4) is 0 Å². The van der Waals surface area contributed by atoms with Gasteiger partial charge in [0.2, 0.25) is 5.95 Å². The Morgan fingerprint density at radius 3 is 3.00 bits per heavy atom. The summed E-state index contributed by atoms with van der Waals surface area (Å²) in [6, 6.07) is -1.47. The predicted molar refractivity (Wildman–Crippen MR) is 69.9 cm³/mol. The normalized spacial score (nSPS) is 12.2. The molecule has 2 aromatic heterocycles. The summed E-state index contributed by atoms with van der Waals surface area (Å²) in [5, 5.41) is 2.37. The second-order valence-electron chi connectivity index (χ2n) is 3.66. The van der Waals surface area contributed by atoms with E-state index in [1.54, 1.807) is 6.92 Å². The highest BCUT2D eigenvalue weighted by Crippen LogP contribution is 2.18. The van der Waals surface area contributed by atoms with Crippen LogP contribution in [0, 0.1) is 0 Å². The van der Waals surface area contributed by atoms with Crippen LogP contribution in [-0.2, 0) is 14.3 Å². The molecular weight excluding hydrogens is 288 g/mol. The van der Waals surface area contributed by atoms with E-state index < -0.39 is 17.9 Å². The van der Waals surface area contributed by atoms with Crippen molar-refractivity contribution in [2.75, 3.05) is 11.9 Å². The fourth-order valence-electron chi connectivity index (χ4n) is 1.38. The van der Waals surface area contributed by atoms with Crippen molar-refractivity contribution in [2.24, 2.45) is 5.73 Å². The molecule has 1 unspecified atom stereocenters. The number of rotatable bonds is 4. The maximum absolute atomic E-state index is 11.7. The largest absolute Gasteiger partial charge is 0.464 e. The molecule has 0 saturated carbocycles. The van der Waals surface area contributed by atoms with E-state index in [2.05, 4.69) is 30.0 Å². The number of esters is 1. The summed E-state index contributed by atoms with van der Waals surface area (Å²) in [5.41, 5.74) is 6.15. The Bertz CT molecular complexity index is 657. The lowest BCUT2D eigenvalue weighted by Gasteiger charge is -2.10. The number of ether oxygens (including phenoxy) is 1. The summed E-state index contributed by atoms with van der Waals surface area (Å²) in [6.45, 7) is 1.73. The van der Waals surface area contributed by atoms with Gasteiger partial charge in [-0.05, 0) is 6.92 Å². The Morgan fingerprint density at radius 2 is 2.30 bits per heavy atom. The second-order valence-corrected chi connectivity index (χ2v) is 4.02. The molecule has 0 fully saturated rings. The summed E-state index contributed by atoms with van der Waals surface area (Å²) < 4.78 is 4.64. The number of amides is 1. The number of carbonyl (C=O) groups excluding carboxylic acids is 2. The van der Waals surface area contributed by atoms with Crippen molar-refractivity contribution in [2.45, 2.75) is 13.0 Å². The minimum atomic E-state index is -1.47. The molecule has 0 radical (unpaired) electrons. The molecule has 0 aliphatic rings. The highest BCUT2D eigenvalue weighted by Gasteiger charge is 2.24. The fourth-order valence-corrected chi connectivity index (χ4v) is 1.60. The van der Waals surface area contributed by atoms with E-state index in [4.69, 9.17) is 17.3 Å². The topological polar surface area (TPSA) is 136 Å². The average Bonchev–Trinajstić information content (AvgIpc) is 2.86. The van der Waals surface area contributed by atoms with Gasteiger partial charge in [-0.3, -0.25) is 10.1 Å². The number of nitrogens with one attached hydrogen (secondary N) is 2. The van der Waals surface area contributed by atoms with Crippen LogP contribution in [0.5, 0.6) is 0 Å². The number of carbonyl (C=O) groups is 2. The molecule has 2 rings (SSSR count). The molecule has 0 saturated heterocycles. The van der Waals surface area contributed by atoms with Crippen LogP contribution in [0.4, 0.5) is 5.95 Å². The molecule has 0 aromatic carbocycles. The molecule has 0 bridgehead atoms. The Labute approximate surface area is 117 Å². The van der Waals surface area contributed by atoms with E-state index >= 15 is 0 Å². The van der Waals surface area contributed by atoms with Crippen LogP contribution in [0.1, 0.15) is 6.92 Å². The lowest BCUT2D eigenvalue weighted by atomic mass is 10.3. The van der Waals surface area contributed by atoms with Gasteiger partial charge >= 0.3 is 5.97 Å². The van der Waals surface area contributed by atoms with Crippen LogP contribution in [0.25, 0.3) is 11.2 Å². The van der Waals surface area contributed by atoms with Gasteiger partial charge < -0.3 is 15.5 Å². The van der Waals surface area contributed by atoms with E-state index in [1.165, 1.54) is 6.33 Å². The third-order valence-corrected chi connectivity index (χ3v) is 2.57. The zero-order valence-electron chi connectivity index (χ0n) is 10.4. The second kappa shape index (κ2) is 5.80. The molecule has 4 N–H and O–H groups in total. The maximum Gasteiger partial charge on any atom is 0.332 e. The zero-order valence-corrected chi connectivity index (χ0v) is 11.1. The number of anilines is 1. The summed E-state index contributed by atoms with van der Waals surface area (Å²) in [7, 11) is 0. The first kappa shape index (κ1) is 14.2. The van der Waals surface area contributed by atoms with E-state index in [-0.39, 0.29) is 23.4 Å². The first-order chi connectivity index (χ1) is 9.52. The standard InChI is InChI=1S/C10H11ClN6O3/c1-2-20-9(19)4(12)8(18)17-10-15-6(11)5-7(16-10)14-3-13-5/h3-4H,2,12H2,1H3,(H2,13,14,15,16,17,18). The van der Waals surface area contributed by atoms with E-state index in [9.17, 15) is 9.59 Å². The molecule has 2 aromatic rings. The molecule has 106 valence electrons. The van der Waals surface area contributed by atoms with Crippen LogP contribution in [-0.4, -0.2) is 44.5 Å². The summed E-state index contributed by atoms with van der Waals surface area (Å²) in [4.78, 5) is 37.5. The molecule has 0 aliphatic carbocycles. The van der Waals surface area contributed by atoms with Crippen LogP contribution < -0.4 is 11.1 Å². The molecule has 2 heterocycles. The zero-order chi connectivity index (χ0) is 14.7. The predicted octanol–water partition coefficient (Wildman–Crippen LogP) is -0.165. The molecular formula is C10H11ClN6O3. The lowest BCUT2D eigenvalue weighted by Crippen LogP contribution is -2.43. The van der Waals surface area contributed by atoms with E-state index in [0.29, 0.717) is 5.52 Å². The number of halogens is 1. The van der Waals surface area contributed by atoms with Gasteiger partial charge in [-0.2, -0.15) is 9.97 Å². The average molecular weight is 299 g/mol. The van der Waals surface area contributed by atoms with Crippen molar-refractivity contribution in [1.82, 2.24) is 19.9 Å². The Morgan fingerprint density at radius 1 is 1.55 bits per heavy atom. The van der Waals surface area contributed by atoms with Crippen LogP contribution >= 0.6 is 11.6 Å². The van der Waals surface area contributed by atoms with Crippen molar-refractivity contribution in [3.63, 3.8) is 0 Å². The first-order valence-electron chi connectivity index (χ1n) is 5.62. The smallest absolute Gasteiger partial charge is 0.332 e. The molecule has 1 amide bonds. The van der Waals surface area contributed by atoms with Crippen LogP contribution in [0.15, 0.2) is 6.33 Å². The minimum absolute atomic E-state index is 0.0903. The van der Waals surface area contributed by atoms with Crippen molar-refractivity contribution < 1.29 is 14.3 Å². The van der Waals surface area contributed by atoms with Gasteiger partial charge in [-0.25, -0.2) is 9.78 Å². The quantitative estimate of drug-likeness (QED) is 0.405. The summed E-state index contributed by atoms with van der Waals surface area (Å²) in [5.74, 6) is -1.73. The van der Waals surface area contributed by atoms with Crippen LogP contribution in [0.2, 0.25) is 5.15 Å². The Kier molecular flexibility index (Phi) is 4.11. The van der Waals surface area contributed by atoms with Gasteiger partial charge in [0.05, 0.1) is 12.9 Å². The van der Waals surface area contributed by atoms with Crippen molar-refractivity contribution in [3.05, 3.63) is 11.5 Å². The molecule has 0 spiro atoms. The Balaban J connectivity index is 2.15. The van der Waals surface area contributed by atoms with Crippen LogP contribution in [0.3, 0.4) is 0 Å². The fraction of sp³-hybridized carbons (Fsp3) is 0.300. The molecule has 1 atom stereocenters. The highest BCUT2D eigenvalue weighted by atomic mass is 35.5. The number of nitrogens with two attached hydrogens (primary N) is 1. The van der Waals surface area contributed by atoms with Gasteiger partial charge in [-0.15, -0.1) is 0 Å². The number of nitrogens with zero attached hydrogens (tertiary/aromatic N) is 3. The summed E-state index contributed by atoms with van der Waals surface area (Å²) in [6.07, 6.45) is 1.39. The number of fused-ring (bicyclic) bond motifs is 1. The number of H-pyrrole nitrogens is 1. The number of hydrogen-bond donors (Lipinski definition) is 3. The van der Waals surface area contributed by atoms with Gasteiger partial charge in [0.1, 0.15) is 5.52 Å². The molecule has 0 aliphatic heterocycles. The van der Waals surface area contributed by atoms with E-state index in [1.807, 2.05) is 0 Å². The minimum Gasteiger partial charge on any atom is -0.464 e. The highest BCUT2D eigenvalue weighted by molar-refractivity contribution is 6.33. The van der Waals surface area contributed by atoms with Gasteiger partial charge in [0.25, 0.3) is 5.91 Å². The number of aromatic amines is 1. The number of imidazole rings is 1. The number of aromatic nitrogens is 4. The number of hydrogen-bond acceptors (Lipinski definition) is 7. The van der Waals surface area contributed by atoms with E-state index in [0.717, 1.165) is 0 Å². The van der Waals surface area contributed by atoms with Gasteiger partial charge in [-0.1, -0.05) is 11.6 Å². The molecule has 9 nitrogen and oxygen atoms in total. The lowest BCUT2D eigenvalue weighted by molar-refractivity contribution is -0.146. The van der Waals surface area contributed by atoms with Gasteiger partial charge in [0, 0.05) is 0 Å². The van der Waals surface area contributed by atoms with Crippen molar-refractivity contribution in [1.29, 1.82) is 0 Å². The monoisotopic (exact) mass is 298 g/mol. The third-order valence-electron chi connectivity index (χ3n) is 2.30. The van der Waals surface area contributed by atoms with Crippen molar-refractivity contribution >= 4 is 40.6 Å². The SMILES string of the molecule is CCOC(=O)C(N)C(=O)Nc1nc(Cl)c2[nH]cnc2n1. The van der Waals surface area contributed by atoms with Gasteiger partial charge in [0.15, 0.2) is 16.8 Å². The first-order valence-corrected chi connectivity index (χ1v) is 6.00. The summed E-state index contributed by atoms with van der Waals surface area (Å²) >= 11 is 5.88. The third kappa shape index (κ3) is 2.83.